The number of likely N-dealkylation sites (tertiary alicyclic amines) is 1. The number of nitrogens with two attached hydrogens (primary N) is 3. The summed E-state index contributed by atoms with van der Waals surface area (Å²) in [6, 6.07) is 1.46. The first-order chi connectivity index (χ1) is 42.8. The number of nitrogens with one attached hydrogen (secondary N) is 9. The number of aliphatic imine (C=N–C) groups is 1. The Morgan fingerprint density at radius 3 is 1.79 bits per heavy atom. The number of aromatic amines is 1. The third kappa shape index (κ3) is 25.4. The number of aromatic nitrogens is 1. The summed E-state index contributed by atoms with van der Waals surface area (Å²) in [6.45, 7) is 2.85. The van der Waals surface area contributed by atoms with E-state index in [1.807, 2.05) is 24.3 Å². The monoisotopic (exact) mass is 1310 g/mol. The predicted molar refractivity (Wildman–Crippen MR) is 322 cm³/mol. The van der Waals surface area contributed by atoms with Crippen molar-refractivity contribution in [3.05, 3.63) is 71.9 Å². The Hall–Kier alpha value is -9.09. The normalized spacial score (nSPS) is 15.8. The van der Waals surface area contributed by atoms with Crippen LogP contribution in [0.1, 0.15) is 76.8 Å². The molecule has 2 aromatic carbocycles. The number of para-hydroxylation sites is 1. The van der Waals surface area contributed by atoms with E-state index < -0.39 is 164 Å². The van der Waals surface area contributed by atoms with Crippen molar-refractivity contribution in [1.82, 2.24) is 52.4 Å². The smallest absolute Gasteiger partial charge is 0.481 e. The minimum absolute atomic E-state index is 0.0346. The molecule has 3 aromatic rings. The zero-order chi connectivity index (χ0) is 68.3. The van der Waals surface area contributed by atoms with Gasteiger partial charge in [0, 0.05) is 48.8 Å². The Balaban J connectivity index is 0.00000291. The number of amides is 9. The highest BCUT2D eigenvalue weighted by atomic mass is 32.1. The zero-order valence-corrected chi connectivity index (χ0v) is 50.8. The third-order valence-electron chi connectivity index (χ3n) is 13.8. The number of hydrogen-bond acceptors (Lipinski definition) is 17. The number of thiol groups is 1. The highest BCUT2D eigenvalue weighted by molar-refractivity contribution is 7.80. The van der Waals surface area contributed by atoms with E-state index >= 15 is 0 Å². The molecule has 4 rings (SSSR count). The van der Waals surface area contributed by atoms with Crippen molar-refractivity contribution in [2.45, 2.75) is 145 Å². The van der Waals surface area contributed by atoms with E-state index in [9.17, 15) is 86.3 Å². The molecule has 2 heterocycles. The standard InChI is InChI=1S/C54H78N14O15S.C2HF3O2/c1-28(2)21-37(47(76)66-40(26-70)53(82)83)63-44(73)29(3)60-50(79)41(27-84)67-48(77)38(22-30-11-5-4-6-12-30)64-49(78)39(25-69)65-51(80)42-16-10-20-68(42)52(81)36(17-18-43(71)72)62-46(75)35(15-9-19-58-54(56)57)61-45(74)33(55)23-31-24-59-34-14-8-7-13-32(31)34;3-2(4,5)1(6)7/h4-8,11-14,24,28-29,33,35-42,59,69-70,84H,9-10,15-23,25-27,55H2,1-3H3,(H,60,79)(H,61,74)(H,62,75)(H,63,73)(H,64,78)(H,65,80)(H,66,76)(H,67,77)(H,71,72)(H,82,83)(H4,56,57,58);(H,6,7)/t29-,33-,35-,36-,37-,38-,39-,40-,41-,42-;/m0./s1. The predicted octanol–water partition coefficient (Wildman–Crippen LogP) is -3.23. The number of guanidine groups is 1. The Labute approximate surface area is 524 Å². The topological polar surface area (TPSA) is 512 Å². The maximum atomic E-state index is 14.4. The van der Waals surface area contributed by atoms with E-state index in [0.717, 1.165) is 21.4 Å². The fourth-order valence-corrected chi connectivity index (χ4v) is 9.34. The summed E-state index contributed by atoms with van der Waals surface area (Å²) >= 11 is 4.22. The fraction of sp³-hybridized carbons (Fsp3) is 0.518. The maximum Gasteiger partial charge on any atom is 0.490 e. The van der Waals surface area contributed by atoms with Crippen molar-refractivity contribution in [2.24, 2.45) is 28.1 Å². The number of carboxylic acid groups (broad SMARTS) is 3. The van der Waals surface area contributed by atoms with Gasteiger partial charge in [0.15, 0.2) is 5.96 Å². The molecule has 1 fully saturated rings. The van der Waals surface area contributed by atoms with E-state index in [1.54, 1.807) is 50.4 Å². The van der Waals surface area contributed by atoms with Gasteiger partial charge < -0.3 is 95.2 Å². The average molecular weight is 1310 g/mol. The first kappa shape index (κ1) is 76.2. The van der Waals surface area contributed by atoms with Gasteiger partial charge in [-0.2, -0.15) is 25.8 Å². The van der Waals surface area contributed by atoms with Crippen LogP contribution in [0.15, 0.2) is 65.8 Å². The van der Waals surface area contributed by atoms with Crippen LogP contribution in [0.2, 0.25) is 0 Å². The molecule has 35 heteroatoms. The van der Waals surface area contributed by atoms with Gasteiger partial charge in [-0.1, -0.05) is 62.4 Å². The number of aliphatic carboxylic acids is 3. The molecule has 1 saturated heterocycles. The second-order valence-corrected chi connectivity index (χ2v) is 21.8. The number of benzene rings is 2. The summed E-state index contributed by atoms with van der Waals surface area (Å²) in [5, 5.41) is 66.5. The van der Waals surface area contributed by atoms with Gasteiger partial charge in [0.2, 0.25) is 53.2 Å². The molecule has 1 aliphatic rings. The van der Waals surface area contributed by atoms with Crippen LogP contribution in [-0.2, 0) is 70.4 Å². The Morgan fingerprint density at radius 2 is 1.21 bits per heavy atom. The van der Waals surface area contributed by atoms with E-state index in [2.05, 4.69) is 65.1 Å². The third-order valence-corrected chi connectivity index (χ3v) is 14.2. The van der Waals surface area contributed by atoms with Crippen molar-refractivity contribution in [3.63, 3.8) is 0 Å². The lowest BCUT2D eigenvalue weighted by Crippen LogP contribution is -2.61. The molecule has 91 heavy (non-hydrogen) atoms. The first-order valence-electron chi connectivity index (χ1n) is 28.5. The summed E-state index contributed by atoms with van der Waals surface area (Å²) in [5.41, 5.74) is 19.4. The van der Waals surface area contributed by atoms with Crippen LogP contribution in [0, 0.1) is 5.92 Å². The highest BCUT2D eigenvalue weighted by Gasteiger charge is 2.41. The molecule has 1 aromatic heterocycles. The van der Waals surface area contributed by atoms with Crippen LogP contribution >= 0.6 is 12.6 Å². The first-order valence-corrected chi connectivity index (χ1v) is 29.2. The lowest BCUT2D eigenvalue weighted by Gasteiger charge is -2.30. The number of alkyl halides is 3. The number of halogens is 3. The maximum absolute atomic E-state index is 14.4. The van der Waals surface area contributed by atoms with Crippen LogP contribution < -0.4 is 59.7 Å². The van der Waals surface area contributed by atoms with Gasteiger partial charge in [-0.25, -0.2) is 9.59 Å². The molecular formula is C56H79F3N14O17S. The number of aliphatic hydroxyl groups is 2. The minimum Gasteiger partial charge on any atom is -0.481 e. The lowest BCUT2D eigenvalue weighted by atomic mass is 10.0. The Morgan fingerprint density at radius 1 is 0.670 bits per heavy atom. The quantitative estimate of drug-likeness (QED) is 0.0121. The Bertz CT molecular complexity index is 3050. The number of carboxylic acids is 3. The molecule has 9 amide bonds. The number of nitrogens with zero attached hydrogens (tertiary/aromatic N) is 2. The minimum atomic E-state index is -5.08. The molecule has 10 atom stereocenters. The zero-order valence-electron chi connectivity index (χ0n) is 49.9. The second-order valence-electron chi connectivity index (χ2n) is 21.4. The SMILES string of the molecule is CC(C)C[C@H](NC(=O)[C@H](C)NC(=O)[C@H](CS)NC(=O)[C@H](Cc1ccccc1)NC(=O)[C@H](CO)NC(=O)[C@@H]1CCCN1C(=O)[C@H](CCC(=O)O)NC(=O)[C@H](CCCN=C(N)N)NC(=O)[C@@H](N)Cc1c[nH]c2ccccc12)C(=O)N[C@@H](CO)C(=O)O.O=C(O)C(F)(F)F. The van der Waals surface area contributed by atoms with Crippen LogP contribution in [0.5, 0.6) is 0 Å². The summed E-state index contributed by atoms with van der Waals surface area (Å²) in [6.07, 6.45) is -4.07. The molecule has 1 aliphatic heterocycles. The molecule has 0 bridgehead atoms. The van der Waals surface area contributed by atoms with Crippen LogP contribution in [0.3, 0.4) is 0 Å². The van der Waals surface area contributed by atoms with Crippen LogP contribution in [-0.4, -0.2) is 211 Å². The van der Waals surface area contributed by atoms with Crippen molar-refractivity contribution >= 4 is 101 Å². The van der Waals surface area contributed by atoms with Gasteiger partial charge in [-0.15, -0.1) is 0 Å². The summed E-state index contributed by atoms with van der Waals surface area (Å²) in [5.74, 6) is -14.3. The molecule has 502 valence electrons. The molecule has 0 aliphatic carbocycles. The molecule has 0 unspecified atom stereocenters. The lowest BCUT2D eigenvalue weighted by molar-refractivity contribution is -0.192. The molecule has 20 N–H and O–H groups in total. The van der Waals surface area contributed by atoms with Gasteiger partial charge in [0.05, 0.1) is 19.3 Å². The van der Waals surface area contributed by atoms with Crippen LogP contribution in [0.25, 0.3) is 10.9 Å². The number of rotatable bonds is 34. The van der Waals surface area contributed by atoms with Gasteiger partial charge >= 0.3 is 24.1 Å². The van der Waals surface area contributed by atoms with Gasteiger partial charge in [0.25, 0.3) is 0 Å². The van der Waals surface area contributed by atoms with Crippen LogP contribution in [0.4, 0.5) is 13.2 Å². The molecule has 0 radical (unpaired) electrons. The average Bonchev–Trinajstić information content (AvgIpc) is 1.93. The number of carbonyl (C=O) groups excluding carboxylic acids is 9. The second kappa shape index (κ2) is 37.2. The number of carbonyl (C=O) groups is 12. The number of aliphatic hydroxyl groups excluding tert-OH is 2. The fourth-order valence-electron chi connectivity index (χ4n) is 9.08. The van der Waals surface area contributed by atoms with Crippen molar-refractivity contribution in [2.75, 3.05) is 32.1 Å². The number of hydrogen-bond donors (Lipinski definition) is 18. The summed E-state index contributed by atoms with van der Waals surface area (Å²) < 4.78 is 31.7. The van der Waals surface area contributed by atoms with E-state index in [4.69, 9.17) is 27.1 Å². The van der Waals surface area contributed by atoms with Gasteiger partial charge in [0.1, 0.15) is 54.4 Å². The molecule has 0 saturated carbocycles. The molecular weight excluding hydrogens is 1230 g/mol. The van der Waals surface area contributed by atoms with E-state index in [1.165, 1.54) is 6.92 Å². The molecule has 0 spiro atoms. The molecule has 31 nitrogen and oxygen atoms in total. The van der Waals surface area contributed by atoms with Crippen molar-refractivity contribution in [1.29, 1.82) is 0 Å². The van der Waals surface area contributed by atoms with Gasteiger partial charge in [-0.3, -0.25) is 52.9 Å². The largest absolute Gasteiger partial charge is 0.490 e. The van der Waals surface area contributed by atoms with E-state index in [0.29, 0.717) is 5.56 Å². The summed E-state index contributed by atoms with van der Waals surface area (Å²) in [7, 11) is 0. The highest BCUT2D eigenvalue weighted by Crippen LogP contribution is 2.22. The number of H-pyrrole nitrogens is 1. The Kier molecular flexibility index (Phi) is 31.1. The van der Waals surface area contributed by atoms with Gasteiger partial charge in [-0.05, 0) is 75.0 Å². The van der Waals surface area contributed by atoms with Crippen molar-refractivity contribution < 1.29 is 96.2 Å². The summed E-state index contributed by atoms with van der Waals surface area (Å²) in [4.78, 5) is 164. The number of fused-ring (bicyclic) bond motifs is 1. The van der Waals surface area contributed by atoms with E-state index in [-0.39, 0.29) is 75.7 Å². The van der Waals surface area contributed by atoms with Crippen molar-refractivity contribution in [3.8, 4) is 0 Å².